The first-order valence-corrected chi connectivity index (χ1v) is 11.5. The molecule has 0 fully saturated rings. The number of fused-ring (bicyclic) bond motifs is 1. The number of carbonyl (C=O) groups excluding carboxylic acids is 2. The molecule has 0 saturated heterocycles. The van der Waals surface area contributed by atoms with E-state index in [-0.39, 0.29) is 36.3 Å². The number of carbonyl (C=O) groups is 2. The Kier molecular flexibility index (Phi) is 8.87. The van der Waals surface area contributed by atoms with Crippen molar-refractivity contribution in [3.8, 4) is 6.07 Å². The lowest BCUT2D eigenvalue weighted by molar-refractivity contribution is -0.145. The Morgan fingerprint density at radius 2 is 1.80 bits per heavy atom. The minimum absolute atomic E-state index is 0.0731. The van der Waals surface area contributed by atoms with Crippen LogP contribution in [0.4, 0.5) is 14.5 Å². The van der Waals surface area contributed by atoms with Gasteiger partial charge in [-0.25, -0.2) is 13.8 Å². The van der Waals surface area contributed by atoms with E-state index in [9.17, 15) is 23.6 Å². The van der Waals surface area contributed by atoms with Gasteiger partial charge in [0.15, 0.2) is 0 Å². The van der Waals surface area contributed by atoms with Crippen molar-refractivity contribution in [2.45, 2.75) is 26.9 Å². The van der Waals surface area contributed by atoms with E-state index in [1.165, 1.54) is 34.2 Å². The zero-order valence-corrected chi connectivity index (χ0v) is 20.2. The summed E-state index contributed by atoms with van der Waals surface area (Å²) in [5, 5.41) is 18.5. The van der Waals surface area contributed by atoms with Gasteiger partial charge in [-0.05, 0) is 54.4 Å². The summed E-state index contributed by atoms with van der Waals surface area (Å²) >= 11 is 0. The Morgan fingerprint density at radius 3 is 2.51 bits per heavy atom. The molecule has 0 saturated carbocycles. The van der Waals surface area contributed by atoms with Gasteiger partial charge in [-0.15, -0.1) is 0 Å². The van der Waals surface area contributed by atoms with Gasteiger partial charge in [0.1, 0.15) is 17.7 Å². The summed E-state index contributed by atoms with van der Waals surface area (Å²) in [6.45, 7) is 5.92. The third-order valence-corrected chi connectivity index (χ3v) is 5.97. The number of nitrogens with zero attached hydrogens (tertiary/aromatic N) is 4. The number of hydrogen-bond donors (Lipinski definition) is 2. The van der Waals surface area contributed by atoms with E-state index < -0.39 is 5.82 Å². The lowest BCUT2D eigenvalue weighted by Crippen LogP contribution is -2.47. The van der Waals surface area contributed by atoms with Gasteiger partial charge in [0, 0.05) is 38.9 Å². The fourth-order valence-electron chi connectivity index (χ4n) is 3.99. The normalized spacial score (nSPS) is 12.8. The maximum Gasteiger partial charge on any atom is 0.250 e. The molecule has 8 nitrogen and oxygen atoms in total. The van der Waals surface area contributed by atoms with Crippen LogP contribution >= 0.6 is 0 Å². The zero-order chi connectivity index (χ0) is 25.5. The highest BCUT2D eigenvalue weighted by atomic mass is 19.1. The highest BCUT2D eigenvalue weighted by Gasteiger charge is 2.26. The molecule has 0 aromatic heterocycles. The van der Waals surface area contributed by atoms with Gasteiger partial charge in [-0.1, -0.05) is 13.0 Å². The van der Waals surface area contributed by atoms with Crippen molar-refractivity contribution in [2.75, 3.05) is 44.7 Å². The lowest BCUT2D eigenvalue weighted by atomic mass is 10.1. The Morgan fingerprint density at radius 1 is 1.09 bits per heavy atom. The van der Waals surface area contributed by atoms with Crippen molar-refractivity contribution in [1.29, 1.82) is 5.26 Å². The minimum Gasteiger partial charge on any atom is -0.315 e. The number of benzene rings is 2. The summed E-state index contributed by atoms with van der Waals surface area (Å²) in [6.07, 6.45) is 0. The predicted octanol–water partition coefficient (Wildman–Crippen LogP) is 2.07. The molecular weight excluding hydrogens is 454 g/mol. The first kappa shape index (κ1) is 26.2. The molecule has 0 aliphatic carbocycles. The molecule has 2 amide bonds. The molecular formula is C25H30F2N6O2. The highest BCUT2D eigenvalue weighted by Crippen LogP contribution is 2.25. The Labute approximate surface area is 204 Å². The molecule has 3 rings (SSSR count). The summed E-state index contributed by atoms with van der Waals surface area (Å²) in [6, 6.07) is 9.03. The maximum atomic E-state index is 14.0. The van der Waals surface area contributed by atoms with E-state index in [4.69, 9.17) is 0 Å². The van der Waals surface area contributed by atoms with Crippen LogP contribution in [-0.2, 0) is 22.7 Å². The quantitative estimate of drug-likeness (QED) is 0.502. The first-order chi connectivity index (χ1) is 16.7. The number of nitrogens with one attached hydrogen (secondary N) is 2. The third kappa shape index (κ3) is 6.39. The SMILES string of the molecule is CCNCCN(C(=O)CNCC(=O)N(C)N1Cc2ccc(F)cc2C1)c1cc(C#N)c(F)cc1C. The largest absolute Gasteiger partial charge is 0.315 e. The molecule has 1 heterocycles. The molecule has 1 aliphatic heterocycles. The third-order valence-electron chi connectivity index (χ3n) is 5.97. The van der Waals surface area contributed by atoms with Gasteiger partial charge < -0.3 is 10.2 Å². The molecule has 10 heteroatoms. The number of rotatable bonds is 10. The lowest BCUT2D eigenvalue weighted by Gasteiger charge is -2.28. The summed E-state index contributed by atoms with van der Waals surface area (Å²) in [5.41, 5.74) is 2.67. The van der Waals surface area contributed by atoms with Crippen molar-refractivity contribution in [2.24, 2.45) is 0 Å². The molecule has 2 N–H and O–H groups in total. The molecule has 186 valence electrons. The van der Waals surface area contributed by atoms with Crippen molar-refractivity contribution in [1.82, 2.24) is 20.7 Å². The molecule has 2 aromatic rings. The smallest absolute Gasteiger partial charge is 0.250 e. The van der Waals surface area contributed by atoms with Crippen LogP contribution in [-0.4, -0.2) is 61.6 Å². The first-order valence-electron chi connectivity index (χ1n) is 11.5. The van der Waals surface area contributed by atoms with Gasteiger partial charge in [0.25, 0.3) is 5.91 Å². The fraction of sp³-hybridized carbons (Fsp3) is 0.400. The monoisotopic (exact) mass is 484 g/mol. The van der Waals surface area contributed by atoms with E-state index in [0.717, 1.165) is 17.7 Å². The van der Waals surface area contributed by atoms with Crippen LogP contribution in [0.1, 0.15) is 29.2 Å². The second-order valence-corrected chi connectivity index (χ2v) is 8.39. The van der Waals surface area contributed by atoms with E-state index in [2.05, 4.69) is 10.6 Å². The summed E-state index contributed by atoms with van der Waals surface area (Å²) in [5.74, 6) is -1.49. The molecule has 35 heavy (non-hydrogen) atoms. The number of hydrogen-bond acceptors (Lipinski definition) is 6. The van der Waals surface area contributed by atoms with Crippen molar-refractivity contribution in [3.63, 3.8) is 0 Å². The Balaban J connectivity index is 1.60. The van der Waals surface area contributed by atoms with Crippen LogP contribution in [0.25, 0.3) is 0 Å². The summed E-state index contributed by atoms with van der Waals surface area (Å²) in [7, 11) is 1.64. The molecule has 0 atom stereocenters. The van der Waals surface area contributed by atoms with Crippen LogP contribution in [0.5, 0.6) is 0 Å². The summed E-state index contributed by atoms with van der Waals surface area (Å²) < 4.78 is 27.5. The Hall–Kier alpha value is -3.39. The van der Waals surface area contributed by atoms with Gasteiger partial charge in [0.2, 0.25) is 5.91 Å². The van der Waals surface area contributed by atoms with Crippen LogP contribution in [0.3, 0.4) is 0 Å². The average molecular weight is 485 g/mol. The number of amides is 2. The summed E-state index contributed by atoms with van der Waals surface area (Å²) in [4.78, 5) is 27.2. The second kappa shape index (κ2) is 11.8. The van der Waals surface area contributed by atoms with E-state index in [0.29, 0.717) is 37.4 Å². The molecule has 0 radical (unpaired) electrons. The molecule has 0 bridgehead atoms. The van der Waals surface area contributed by atoms with Crippen molar-refractivity contribution >= 4 is 17.5 Å². The van der Waals surface area contributed by atoms with E-state index >= 15 is 0 Å². The van der Waals surface area contributed by atoms with Crippen LogP contribution in [0.2, 0.25) is 0 Å². The second-order valence-electron chi connectivity index (χ2n) is 8.39. The van der Waals surface area contributed by atoms with Gasteiger partial charge in [-0.2, -0.15) is 5.26 Å². The van der Waals surface area contributed by atoms with Crippen molar-refractivity contribution in [3.05, 3.63) is 64.2 Å². The standard InChI is InChI=1S/C25H30F2N6O2/c1-4-29-7-8-33(23-11-19(12-28)22(27)9-17(23)2)25(35)14-30-13-24(34)31(3)32-15-18-5-6-21(26)10-20(18)16-32/h5-6,9-11,29-30H,4,7-8,13-16H2,1-3H3. The molecule has 1 aliphatic rings. The number of anilines is 1. The number of likely N-dealkylation sites (N-methyl/N-ethyl adjacent to an activating group) is 2. The van der Waals surface area contributed by atoms with Gasteiger partial charge >= 0.3 is 0 Å². The van der Waals surface area contributed by atoms with E-state index in [1.807, 2.05) is 18.0 Å². The predicted molar refractivity (Wildman–Crippen MR) is 128 cm³/mol. The molecule has 0 unspecified atom stereocenters. The number of aryl methyl sites for hydroxylation is 1. The van der Waals surface area contributed by atoms with Crippen LogP contribution < -0.4 is 15.5 Å². The number of hydrazine groups is 1. The fourth-order valence-corrected chi connectivity index (χ4v) is 3.99. The van der Waals surface area contributed by atoms with Crippen molar-refractivity contribution < 1.29 is 18.4 Å². The minimum atomic E-state index is -0.633. The van der Waals surface area contributed by atoms with Crippen LogP contribution in [0, 0.1) is 29.9 Å². The zero-order valence-electron chi connectivity index (χ0n) is 20.2. The number of nitriles is 1. The van der Waals surface area contributed by atoms with Gasteiger partial charge in [-0.3, -0.25) is 19.9 Å². The molecule has 0 spiro atoms. The van der Waals surface area contributed by atoms with Crippen LogP contribution in [0.15, 0.2) is 30.3 Å². The topological polar surface area (TPSA) is 91.7 Å². The number of halogens is 2. The van der Waals surface area contributed by atoms with Gasteiger partial charge in [0.05, 0.1) is 18.7 Å². The van der Waals surface area contributed by atoms with E-state index in [1.54, 1.807) is 20.0 Å². The Bertz CT molecular complexity index is 1130. The average Bonchev–Trinajstić information content (AvgIpc) is 3.25. The highest BCUT2D eigenvalue weighted by molar-refractivity contribution is 5.96. The molecule has 2 aromatic carbocycles. The maximum absolute atomic E-state index is 14.0.